The molecule has 1 aromatic rings. The fourth-order valence-corrected chi connectivity index (χ4v) is 1.32. The van der Waals surface area contributed by atoms with Gasteiger partial charge in [0, 0.05) is 22.8 Å². The van der Waals surface area contributed by atoms with E-state index in [9.17, 15) is 0 Å². The quantitative estimate of drug-likeness (QED) is 0.809. The van der Waals surface area contributed by atoms with Crippen LogP contribution in [0.5, 0.6) is 0 Å². The molecule has 0 amide bonds. The summed E-state index contributed by atoms with van der Waals surface area (Å²) >= 11 is 5.92. The van der Waals surface area contributed by atoms with Crippen LogP contribution in [-0.4, -0.2) is 12.1 Å². The van der Waals surface area contributed by atoms with Crippen LogP contribution in [0.4, 0.5) is 5.69 Å². The standard InChI is InChI=1S/C11H17ClN2/c1-8-4-5-9(12)6-10(8)14-11(2,3)7-13/h4-6,14H,7,13H2,1-3H3. The van der Waals surface area contributed by atoms with E-state index in [0.717, 1.165) is 10.7 Å². The zero-order valence-electron chi connectivity index (χ0n) is 8.89. The van der Waals surface area contributed by atoms with Crippen molar-refractivity contribution in [1.29, 1.82) is 0 Å². The zero-order chi connectivity index (χ0) is 10.8. The van der Waals surface area contributed by atoms with Crippen LogP contribution < -0.4 is 11.1 Å². The highest BCUT2D eigenvalue weighted by Gasteiger charge is 2.15. The predicted molar refractivity (Wildman–Crippen MR) is 62.9 cm³/mol. The molecule has 0 aromatic heterocycles. The smallest absolute Gasteiger partial charge is 0.0439 e. The van der Waals surface area contributed by atoms with Gasteiger partial charge in [-0.25, -0.2) is 0 Å². The van der Waals surface area contributed by atoms with E-state index in [0.29, 0.717) is 6.54 Å². The van der Waals surface area contributed by atoms with Crippen molar-refractivity contribution in [2.75, 3.05) is 11.9 Å². The Kier molecular flexibility index (Phi) is 3.40. The van der Waals surface area contributed by atoms with Crippen molar-refractivity contribution in [1.82, 2.24) is 0 Å². The molecule has 2 nitrogen and oxygen atoms in total. The number of rotatable bonds is 3. The molecule has 0 bridgehead atoms. The number of hydrogen-bond acceptors (Lipinski definition) is 2. The third-order valence-electron chi connectivity index (χ3n) is 2.18. The molecular weight excluding hydrogens is 196 g/mol. The van der Waals surface area contributed by atoms with Crippen LogP contribution >= 0.6 is 11.6 Å². The number of benzene rings is 1. The Balaban J connectivity index is 2.91. The molecule has 1 aromatic carbocycles. The van der Waals surface area contributed by atoms with Gasteiger partial charge in [0.15, 0.2) is 0 Å². The van der Waals surface area contributed by atoms with Crippen LogP contribution in [0.2, 0.25) is 5.02 Å². The lowest BCUT2D eigenvalue weighted by Gasteiger charge is -2.26. The molecule has 3 N–H and O–H groups in total. The van der Waals surface area contributed by atoms with Crippen molar-refractivity contribution in [3.8, 4) is 0 Å². The molecule has 1 rings (SSSR count). The highest BCUT2D eigenvalue weighted by atomic mass is 35.5. The van der Waals surface area contributed by atoms with Gasteiger partial charge in [-0.1, -0.05) is 17.7 Å². The summed E-state index contributed by atoms with van der Waals surface area (Å²) in [5.74, 6) is 0. The topological polar surface area (TPSA) is 38.0 Å². The number of halogens is 1. The molecule has 0 aliphatic rings. The second kappa shape index (κ2) is 4.20. The molecule has 0 aliphatic heterocycles. The van der Waals surface area contributed by atoms with Crippen molar-refractivity contribution in [3.63, 3.8) is 0 Å². The van der Waals surface area contributed by atoms with E-state index in [1.165, 1.54) is 5.56 Å². The Labute approximate surface area is 90.4 Å². The van der Waals surface area contributed by atoms with Crippen molar-refractivity contribution in [2.24, 2.45) is 5.73 Å². The van der Waals surface area contributed by atoms with Crippen molar-refractivity contribution in [2.45, 2.75) is 26.3 Å². The van der Waals surface area contributed by atoms with E-state index in [2.05, 4.69) is 19.2 Å². The van der Waals surface area contributed by atoms with Gasteiger partial charge < -0.3 is 11.1 Å². The second-order valence-electron chi connectivity index (χ2n) is 4.17. The van der Waals surface area contributed by atoms with Gasteiger partial charge in [0.2, 0.25) is 0 Å². The number of aryl methyl sites for hydroxylation is 1. The van der Waals surface area contributed by atoms with Crippen LogP contribution in [0.25, 0.3) is 0 Å². The van der Waals surface area contributed by atoms with Gasteiger partial charge in [0.05, 0.1) is 0 Å². The molecule has 14 heavy (non-hydrogen) atoms. The van der Waals surface area contributed by atoms with Crippen LogP contribution in [0.3, 0.4) is 0 Å². The van der Waals surface area contributed by atoms with E-state index in [-0.39, 0.29) is 5.54 Å². The first-order chi connectivity index (χ1) is 6.44. The lowest BCUT2D eigenvalue weighted by Crippen LogP contribution is -2.39. The monoisotopic (exact) mass is 212 g/mol. The summed E-state index contributed by atoms with van der Waals surface area (Å²) < 4.78 is 0. The summed E-state index contributed by atoms with van der Waals surface area (Å²) in [5, 5.41) is 4.11. The average Bonchev–Trinajstić information content (AvgIpc) is 2.11. The van der Waals surface area contributed by atoms with Crippen molar-refractivity contribution < 1.29 is 0 Å². The fourth-order valence-electron chi connectivity index (χ4n) is 1.14. The van der Waals surface area contributed by atoms with Crippen LogP contribution in [0, 0.1) is 6.92 Å². The summed E-state index contributed by atoms with van der Waals surface area (Å²) in [5.41, 5.74) is 7.77. The third kappa shape index (κ3) is 2.89. The molecule has 3 heteroatoms. The number of hydrogen-bond donors (Lipinski definition) is 2. The van der Waals surface area contributed by atoms with Gasteiger partial charge in [0.25, 0.3) is 0 Å². The maximum Gasteiger partial charge on any atom is 0.0439 e. The van der Waals surface area contributed by atoms with Gasteiger partial charge in [-0.15, -0.1) is 0 Å². The molecule has 0 radical (unpaired) electrons. The summed E-state index contributed by atoms with van der Waals surface area (Å²) in [4.78, 5) is 0. The predicted octanol–water partition coefficient (Wildman–Crippen LogP) is 2.80. The van der Waals surface area contributed by atoms with Gasteiger partial charge >= 0.3 is 0 Å². The minimum atomic E-state index is -0.102. The maximum absolute atomic E-state index is 5.92. The zero-order valence-corrected chi connectivity index (χ0v) is 9.65. The van der Waals surface area contributed by atoms with Crippen LogP contribution in [0.15, 0.2) is 18.2 Å². The Morgan fingerprint density at radius 1 is 1.43 bits per heavy atom. The Hall–Kier alpha value is -0.730. The Morgan fingerprint density at radius 3 is 2.64 bits per heavy atom. The van der Waals surface area contributed by atoms with E-state index < -0.39 is 0 Å². The van der Waals surface area contributed by atoms with E-state index >= 15 is 0 Å². The van der Waals surface area contributed by atoms with Crippen LogP contribution in [0.1, 0.15) is 19.4 Å². The SMILES string of the molecule is Cc1ccc(Cl)cc1NC(C)(C)CN. The summed E-state index contributed by atoms with van der Waals surface area (Å²) in [6.07, 6.45) is 0. The number of nitrogens with two attached hydrogens (primary N) is 1. The lowest BCUT2D eigenvalue weighted by molar-refractivity contribution is 0.579. The third-order valence-corrected chi connectivity index (χ3v) is 2.42. The first kappa shape index (κ1) is 11.3. The van der Waals surface area contributed by atoms with E-state index in [1.54, 1.807) is 0 Å². The molecule has 0 fully saturated rings. The van der Waals surface area contributed by atoms with Gasteiger partial charge in [-0.3, -0.25) is 0 Å². The van der Waals surface area contributed by atoms with Crippen molar-refractivity contribution >= 4 is 17.3 Å². The van der Waals surface area contributed by atoms with Gasteiger partial charge in [-0.2, -0.15) is 0 Å². The van der Waals surface area contributed by atoms with Crippen molar-refractivity contribution in [3.05, 3.63) is 28.8 Å². The molecule has 0 aliphatic carbocycles. The second-order valence-corrected chi connectivity index (χ2v) is 4.61. The summed E-state index contributed by atoms with van der Waals surface area (Å²) in [6.45, 7) is 6.75. The van der Waals surface area contributed by atoms with Gasteiger partial charge in [-0.05, 0) is 38.5 Å². The average molecular weight is 213 g/mol. The summed E-state index contributed by atoms with van der Waals surface area (Å²) in [7, 11) is 0. The molecule has 0 heterocycles. The van der Waals surface area contributed by atoms with E-state index in [1.807, 2.05) is 25.1 Å². The summed E-state index contributed by atoms with van der Waals surface area (Å²) in [6, 6.07) is 5.81. The number of anilines is 1. The van der Waals surface area contributed by atoms with Crippen LogP contribution in [-0.2, 0) is 0 Å². The minimum Gasteiger partial charge on any atom is -0.379 e. The largest absolute Gasteiger partial charge is 0.379 e. The highest BCUT2D eigenvalue weighted by Crippen LogP contribution is 2.23. The normalized spacial score (nSPS) is 11.5. The van der Waals surface area contributed by atoms with Gasteiger partial charge in [0.1, 0.15) is 0 Å². The molecule has 0 spiro atoms. The molecule has 78 valence electrons. The molecular formula is C11H17ClN2. The first-order valence-corrected chi connectivity index (χ1v) is 5.07. The highest BCUT2D eigenvalue weighted by molar-refractivity contribution is 6.30. The molecule has 0 saturated heterocycles. The fraction of sp³-hybridized carbons (Fsp3) is 0.455. The molecule has 0 saturated carbocycles. The Morgan fingerprint density at radius 2 is 2.07 bits per heavy atom. The number of nitrogens with one attached hydrogen (secondary N) is 1. The molecule has 0 atom stereocenters. The minimum absolute atomic E-state index is 0.102. The first-order valence-electron chi connectivity index (χ1n) is 4.69. The maximum atomic E-state index is 5.92. The van der Waals surface area contributed by atoms with E-state index in [4.69, 9.17) is 17.3 Å². The molecule has 0 unspecified atom stereocenters. The lowest BCUT2D eigenvalue weighted by atomic mass is 10.0. The Bertz CT molecular complexity index is 321.